The molecule has 0 rings (SSSR count). The average Bonchev–Trinajstić information content (AvgIpc) is 1.92. The van der Waals surface area contributed by atoms with Gasteiger partial charge in [0.15, 0.2) is 12.2 Å². The van der Waals surface area contributed by atoms with Crippen LogP contribution in [-0.2, 0) is 28.7 Å². The lowest BCUT2D eigenvalue weighted by atomic mass is 10.0. The molecule has 10 nitrogen and oxygen atoms in total. The first-order valence-corrected chi connectivity index (χ1v) is 41.0. The zero-order chi connectivity index (χ0) is 68.0. The Balaban J connectivity index is 0. The van der Waals surface area contributed by atoms with E-state index in [1.807, 2.05) is 14.1 Å². The van der Waals surface area contributed by atoms with E-state index in [-0.39, 0.29) is 41.6 Å². The number of unbranched alkanes of at least 4 members (excludes halogenated alkanes) is 54. The Morgan fingerprint density at radius 1 is 0.261 bits per heavy atom. The second-order valence-electron chi connectivity index (χ2n) is 30.4. The summed E-state index contributed by atoms with van der Waals surface area (Å²) in [6.45, 7) is 11.1. The van der Waals surface area contributed by atoms with Crippen molar-refractivity contribution in [3.8, 4) is 0 Å². The summed E-state index contributed by atoms with van der Waals surface area (Å²) in [6.07, 6.45) is 79.7. The van der Waals surface area contributed by atoms with E-state index >= 15 is 0 Å². The number of hydrogen-bond donors (Lipinski definition) is 0. The maximum absolute atomic E-state index is 12.8. The standard InChI is InChI=1S/C42H83NO4.C40H79NO4/c1-5-7-9-11-13-15-17-19-21-23-25-27-29-31-33-37-42(46)47-40(39-43(3,4)38-34-36-41(44)45)35-32-30-28-26-24-22-20-18-16-14-12-10-8-6-2;1-5-7-9-11-13-15-17-19-21-23-25-27-29-31-33-35-40(44)45-38(36-41(3,4)37-39(42)43)34-32-30-28-26-24-22-20-18-16-14-12-10-8-6-2/h40H,5-39H2,1-4H3;38H,5-37H2,1-4H3. The predicted molar refractivity (Wildman–Crippen MR) is 392 cm³/mol. The molecule has 0 spiro atoms. The van der Waals surface area contributed by atoms with Gasteiger partial charge in [-0.1, -0.05) is 374 Å². The number of carboxylic acids is 2. The van der Waals surface area contributed by atoms with E-state index in [0.29, 0.717) is 30.3 Å². The first-order valence-electron chi connectivity index (χ1n) is 41.0. The number of hydrogen-bond acceptors (Lipinski definition) is 8. The molecule has 0 aromatic rings. The molecular formula is C82H162N2O8. The zero-order valence-electron chi connectivity index (χ0n) is 63.4. The lowest BCUT2D eigenvalue weighted by Gasteiger charge is -2.33. The van der Waals surface area contributed by atoms with Gasteiger partial charge in [-0.05, 0) is 44.9 Å². The zero-order valence-corrected chi connectivity index (χ0v) is 63.4. The second kappa shape index (κ2) is 71.6. The highest BCUT2D eigenvalue weighted by atomic mass is 16.5. The van der Waals surface area contributed by atoms with Crippen LogP contribution in [-0.4, -0.2) is 99.4 Å². The molecule has 0 aliphatic rings. The number of carbonyl (C=O) groups is 4. The third-order valence-electron chi connectivity index (χ3n) is 19.4. The maximum atomic E-state index is 12.8. The molecule has 0 aliphatic carbocycles. The van der Waals surface area contributed by atoms with Gasteiger partial charge >= 0.3 is 11.9 Å². The number of likely N-dealkylation sites (N-methyl/N-ethyl adjacent to an activating group) is 2. The fraction of sp³-hybridized carbons (Fsp3) is 0.951. The molecule has 0 saturated heterocycles. The second-order valence-corrected chi connectivity index (χ2v) is 30.4. The van der Waals surface area contributed by atoms with E-state index in [9.17, 15) is 29.4 Å². The summed E-state index contributed by atoms with van der Waals surface area (Å²) in [6, 6.07) is 0. The molecule has 0 aromatic carbocycles. The summed E-state index contributed by atoms with van der Waals surface area (Å²) in [4.78, 5) is 47.6. The highest BCUT2D eigenvalue weighted by Crippen LogP contribution is 2.22. The summed E-state index contributed by atoms with van der Waals surface area (Å²) in [5, 5.41) is 22.2. The van der Waals surface area contributed by atoms with Crippen LogP contribution in [0.1, 0.15) is 439 Å². The van der Waals surface area contributed by atoms with Crippen LogP contribution in [0.15, 0.2) is 0 Å². The van der Waals surface area contributed by atoms with Gasteiger partial charge in [0.2, 0.25) is 0 Å². The summed E-state index contributed by atoms with van der Waals surface area (Å²) in [5.74, 6) is -2.21. The Labute approximate surface area is 574 Å². The monoisotopic (exact) mass is 1300 g/mol. The van der Waals surface area contributed by atoms with Gasteiger partial charge in [-0.2, -0.15) is 0 Å². The first kappa shape index (κ1) is 91.9. The van der Waals surface area contributed by atoms with Crippen molar-refractivity contribution in [3.63, 3.8) is 0 Å². The van der Waals surface area contributed by atoms with Gasteiger partial charge in [-0.15, -0.1) is 0 Å². The van der Waals surface area contributed by atoms with Crippen LogP contribution in [0.4, 0.5) is 0 Å². The molecule has 2 atom stereocenters. The fourth-order valence-corrected chi connectivity index (χ4v) is 13.5. The van der Waals surface area contributed by atoms with Gasteiger partial charge in [0.05, 0.1) is 40.7 Å². The number of nitrogens with zero attached hydrogens (tertiary/aromatic N) is 2. The lowest BCUT2D eigenvalue weighted by Crippen LogP contribution is -2.52. The normalized spacial score (nSPS) is 12.4. The van der Waals surface area contributed by atoms with Gasteiger partial charge in [-0.25, -0.2) is 0 Å². The summed E-state index contributed by atoms with van der Waals surface area (Å²) in [5.41, 5.74) is 0. The molecule has 0 bridgehead atoms. The van der Waals surface area contributed by atoms with Crippen LogP contribution in [0.2, 0.25) is 0 Å². The van der Waals surface area contributed by atoms with Gasteiger partial charge in [0, 0.05) is 25.2 Å². The van der Waals surface area contributed by atoms with Crippen LogP contribution >= 0.6 is 0 Å². The molecule has 92 heavy (non-hydrogen) atoms. The van der Waals surface area contributed by atoms with Gasteiger partial charge < -0.3 is 38.2 Å². The third kappa shape index (κ3) is 75.2. The molecule has 0 amide bonds. The molecule has 10 heteroatoms. The van der Waals surface area contributed by atoms with Crippen LogP contribution < -0.4 is 10.2 Å². The van der Waals surface area contributed by atoms with E-state index in [0.717, 1.165) is 70.9 Å². The molecule has 0 heterocycles. The molecule has 0 saturated carbocycles. The molecule has 0 fully saturated rings. The molecule has 0 aromatic heterocycles. The fourth-order valence-electron chi connectivity index (χ4n) is 13.5. The quantitative estimate of drug-likeness (QED) is 0.0334. The highest BCUT2D eigenvalue weighted by molar-refractivity contribution is 5.70. The smallest absolute Gasteiger partial charge is 0.306 e. The Morgan fingerprint density at radius 3 is 0.685 bits per heavy atom. The number of rotatable bonds is 74. The summed E-state index contributed by atoms with van der Waals surface area (Å²) < 4.78 is 12.9. The lowest BCUT2D eigenvalue weighted by molar-refractivity contribution is -0.893. The number of esters is 2. The van der Waals surface area contributed by atoms with Crippen LogP contribution in [0.5, 0.6) is 0 Å². The van der Waals surface area contributed by atoms with E-state index < -0.39 is 11.9 Å². The van der Waals surface area contributed by atoms with Crippen molar-refractivity contribution in [1.82, 2.24) is 0 Å². The average molecular weight is 1300 g/mol. The largest absolute Gasteiger partial charge is 0.550 e. The van der Waals surface area contributed by atoms with Crippen LogP contribution in [0.25, 0.3) is 0 Å². The summed E-state index contributed by atoms with van der Waals surface area (Å²) >= 11 is 0. The van der Waals surface area contributed by atoms with E-state index in [4.69, 9.17) is 9.47 Å². The topological polar surface area (TPSA) is 133 Å². The Morgan fingerprint density at radius 2 is 0.467 bits per heavy atom. The van der Waals surface area contributed by atoms with Crippen molar-refractivity contribution in [2.24, 2.45) is 0 Å². The number of carboxylic acid groups (broad SMARTS) is 2. The van der Waals surface area contributed by atoms with E-state index in [1.54, 1.807) is 0 Å². The minimum absolute atomic E-state index is 0.0511. The minimum atomic E-state index is -1.06. The maximum Gasteiger partial charge on any atom is 0.306 e. The Hall–Kier alpha value is -2.20. The molecule has 2 unspecified atom stereocenters. The van der Waals surface area contributed by atoms with Crippen LogP contribution in [0.3, 0.4) is 0 Å². The molecule has 0 aliphatic heterocycles. The predicted octanol–water partition coefficient (Wildman–Crippen LogP) is 22.5. The number of aliphatic carboxylic acids is 2. The van der Waals surface area contributed by atoms with Gasteiger partial charge in [0.25, 0.3) is 0 Å². The van der Waals surface area contributed by atoms with Crippen molar-refractivity contribution in [1.29, 1.82) is 0 Å². The summed E-state index contributed by atoms with van der Waals surface area (Å²) in [7, 11) is 8.01. The molecule has 548 valence electrons. The SMILES string of the molecule is CCCCCCCCCCCCCCCCCC(=O)OC(CCCCCCCCCCCCCCCC)C[N+](C)(C)CC(=O)[O-].CCCCCCCCCCCCCCCCCC(=O)OC(CCCCCCCCCCCCCCCC)C[N+](C)(C)CCCC(=O)[O-]. The van der Waals surface area contributed by atoms with Crippen LogP contribution in [0, 0.1) is 0 Å². The van der Waals surface area contributed by atoms with Crippen molar-refractivity contribution in [2.45, 2.75) is 451 Å². The minimum Gasteiger partial charge on any atom is -0.550 e. The number of ether oxygens (including phenoxy) is 2. The van der Waals surface area contributed by atoms with E-state index in [1.165, 1.54) is 327 Å². The molecular weight excluding hydrogens is 1140 g/mol. The van der Waals surface area contributed by atoms with Crippen molar-refractivity contribution >= 4 is 23.9 Å². The highest BCUT2D eigenvalue weighted by Gasteiger charge is 2.27. The Kier molecular flexibility index (Phi) is 71.5. The van der Waals surface area contributed by atoms with E-state index in [2.05, 4.69) is 41.8 Å². The van der Waals surface area contributed by atoms with Gasteiger partial charge in [0.1, 0.15) is 19.6 Å². The van der Waals surface area contributed by atoms with Crippen molar-refractivity contribution in [2.75, 3.05) is 54.4 Å². The molecule has 0 N–H and O–H groups in total. The first-order chi connectivity index (χ1) is 44.6. The Bertz CT molecular complexity index is 1550. The number of quaternary nitrogens is 2. The van der Waals surface area contributed by atoms with Gasteiger partial charge in [-0.3, -0.25) is 9.59 Å². The van der Waals surface area contributed by atoms with Crippen molar-refractivity contribution < 1.29 is 47.8 Å². The number of carbonyl (C=O) groups excluding carboxylic acids is 4. The third-order valence-corrected chi connectivity index (χ3v) is 19.4. The van der Waals surface area contributed by atoms with Crippen molar-refractivity contribution in [3.05, 3.63) is 0 Å². The molecule has 0 radical (unpaired) electrons.